The van der Waals surface area contributed by atoms with Crippen LogP contribution in [0.15, 0.2) is 48.5 Å². The molecule has 122 valence electrons. The highest BCUT2D eigenvalue weighted by molar-refractivity contribution is 5.94. The molecule has 0 radical (unpaired) electrons. The van der Waals surface area contributed by atoms with Crippen LogP contribution in [0, 0.1) is 6.92 Å². The summed E-state index contributed by atoms with van der Waals surface area (Å²) in [6.07, 6.45) is 0.388. The first-order valence-electron chi connectivity index (χ1n) is 7.86. The Morgan fingerprint density at radius 3 is 2.48 bits per heavy atom. The second-order valence-electron chi connectivity index (χ2n) is 5.39. The molecule has 1 N–H and O–H groups in total. The predicted octanol–water partition coefficient (Wildman–Crippen LogP) is 4.19. The van der Waals surface area contributed by atoms with E-state index in [4.69, 9.17) is 9.47 Å². The number of nitrogens with one attached hydrogen (secondary N) is 1. The van der Waals surface area contributed by atoms with Crippen molar-refractivity contribution in [3.8, 4) is 11.5 Å². The quantitative estimate of drug-likeness (QED) is 0.833. The van der Waals surface area contributed by atoms with Crippen molar-refractivity contribution < 1.29 is 14.3 Å². The van der Waals surface area contributed by atoms with E-state index in [1.54, 1.807) is 6.92 Å². The molecule has 0 heterocycles. The van der Waals surface area contributed by atoms with Gasteiger partial charge in [-0.05, 0) is 56.2 Å². The van der Waals surface area contributed by atoms with Gasteiger partial charge in [-0.25, -0.2) is 0 Å². The minimum absolute atomic E-state index is 0.185. The van der Waals surface area contributed by atoms with Gasteiger partial charge in [0.15, 0.2) is 6.10 Å². The number of hydrogen-bond acceptors (Lipinski definition) is 3. The zero-order valence-electron chi connectivity index (χ0n) is 13.8. The van der Waals surface area contributed by atoms with E-state index in [2.05, 4.69) is 12.2 Å². The maximum absolute atomic E-state index is 12.2. The molecular formula is C19H23NO3. The van der Waals surface area contributed by atoms with Crippen LogP contribution in [0.3, 0.4) is 0 Å². The number of hydrogen-bond donors (Lipinski definition) is 1. The fraction of sp³-hybridized carbons (Fsp3) is 0.316. The van der Waals surface area contributed by atoms with E-state index in [0.29, 0.717) is 6.61 Å². The lowest BCUT2D eigenvalue weighted by atomic mass is 10.2. The zero-order chi connectivity index (χ0) is 16.7. The molecular weight excluding hydrogens is 290 g/mol. The molecule has 0 spiro atoms. The van der Waals surface area contributed by atoms with Gasteiger partial charge in [-0.15, -0.1) is 0 Å². The summed E-state index contributed by atoms with van der Waals surface area (Å²) in [5.74, 6) is 1.34. The van der Waals surface area contributed by atoms with Gasteiger partial charge in [-0.1, -0.05) is 25.1 Å². The number of ether oxygens (including phenoxy) is 2. The van der Waals surface area contributed by atoms with E-state index < -0.39 is 6.10 Å². The third-order valence-electron chi connectivity index (χ3n) is 3.36. The van der Waals surface area contributed by atoms with Crippen LogP contribution in [-0.2, 0) is 4.79 Å². The minimum atomic E-state index is -0.577. The van der Waals surface area contributed by atoms with Gasteiger partial charge < -0.3 is 14.8 Å². The number of amides is 1. The summed E-state index contributed by atoms with van der Waals surface area (Å²) in [4.78, 5) is 12.2. The molecule has 2 aromatic carbocycles. The van der Waals surface area contributed by atoms with E-state index in [0.717, 1.165) is 29.2 Å². The van der Waals surface area contributed by atoms with Crippen molar-refractivity contribution >= 4 is 11.6 Å². The average molecular weight is 313 g/mol. The Bertz CT molecular complexity index is 637. The Hall–Kier alpha value is -2.49. The molecule has 2 rings (SSSR count). The van der Waals surface area contributed by atoms with E-state index in [1.165, 1.54) is 0 Å². The van der Waals surface area contributed by atoms with Crippen LogP contribution in [0.2, 0.25) is 0 Å². The van der Waals surface area contributed by atoms with Gasteiger partial charge in [-0.3, -0.25) is 4.79 Å². The molecule has 4 nitrogen and oxygen atoms in total. The van der Waals surface area contributed by atoms with Crippen molar-refractivity contribution in [3.05, 3.63) is 54.1 Å². The molecule has 0 aliphatic carbocycles. The van der Waals surface area contributed by atoms with Crippen LogP contribution in [0.25, 0.3) is 0 Å². The lowest BCUT2D eigenvalue weighted by Gasteiger charge is -2.16. The summed E-state index contributed by atoms with van der Waals surface area (Å²) in [7, 11) is 0. The second-order valence-corrected chi connectivity index (χ2v) is 5.39. The molecule has 1 amide bonds. The molecule has 0 fully saturated rings. The maximum atomic E-state index is 12.2. The average Bonchev–Trinajstić information content (AvgIpc) is 2.56. The standard InChI is InChI=1S/C19H23NO3/c1-4-13-22-17-11-9-16(10-12-17)20-19(21)15(3)23-18-8-6-5-7-14(18)2/h5-12,15H,4,13H2,1-3H3,(H,20,21)/t15-/m1/s1. The molecule has 2 aromatic rings. The van der Waals surface area contributed by atoms with Crippen LogP contribution in [0.4, 0.5) is 5.69 Å². The van der Waals surface area contributed by atoms with Gasteiger partial charge in [0.2, 0.25) is 0 Å². The van der Waals surface area contributed by atoms with Crippen LogP contribution in [0.5, 0.6) is 11.5 Å². The van der Waals surface area contributed by atoms with E-state index in [9.17, 15) is 4.79 Å². The van der Waals surface area contributed by atoms with Crippen molar-refractivity contribution in [1.29, 1.82) is 0 Å². The number of carbonyl (C=O) groups is 1. The largest absolute Gasteiger partial charge is 0.494 e. The molecule has 23 heavy (non-hydrogen) atoms. The molecule has 0 saturated carbocycles. The van der Waals surface area contributed by atoms with Gasteiger partial charge >= 0.3 is 0 Å². The van der Waals surface area contributed by atoms with E-state index in [1.807, 2.05) is 55.5 Å². The molecule has 0 aliphatic heterocycles. The molecule has 0 saturated heterocycles. The summed E-state index contributed by atoms with van der Waals surface area (Å²) in [6.45, 7) is 6.44. The predicted molar refractivity (Wildman–Crippen MR) is 92.1 cm³/mol. The number of anilines is 1. The van der Waals surface area contributed by atoms with Crippen LogP contribution < -0.4 is 14.8 Å². The number of benzene rings is 2. The topological polar surface area (TPSA) is 47.6 Å². The number of rotatable bonds is 7. The van der Waals surface area contributed by atoms with Crippen LogP contribution in [0.1, 0.15) is 25.8 Å². The van der Waals surface area contributed by atoms with Crippen LogP contribution >= 0.6 is 0 Å². The third-order valence-corrected chi connectivity index (χ3v) is 3.36. The first-order chi connectivity index (χ1) is 11.1. The number of aryl methyl sites for hydroxylation is 1. The Morgan fingerprint density at radius 2 is 1.83 bits per heavy atom. The fourth-order valence-corrected chi connectivity index (χ4v) is 2.03. The Kier molecular flexibility index (Phi) is 6.03. The van der Waals surface area contributed by atoms with Gasteiger partial charge in [0, 0.05) is 5.69 Å². The van der Waals surface area contributed by atoms with Crippen molar-refractivity contribution in [2.75, 3.05) is 11.9 Å². The summed E-state index contributed by atoms with van der Waals surface area (Å²) < 4.78 is 11.2. The lowest BCUT2D eigenvalue weighted by molar-refractivity contribution is -0.122. The zero-order valence-corrected chi connectivity index (χ0v) is 13.8. The maximum Gasteiger partial charge on any atom is 0.265 e. The molecule has 0 bridgehead atoms. The van der Waals surface area contributed by atoms with E-state index >= 15 is 0 Å². The van der Waals surface area contributed by atoms with Gasteiger partial charge in [0.05, 0.1) is 6.61 Å². The van der Waals surface area contributed by atoms with Crippen molar-refractivity contribution in [2.24, 2.45) is 0 Å². The third kappa shape index (κ3) is 5.02. The summed E-state index contributed by atoms with van der Waals surface area (Å²) in [5.41, 5.74) is 1.73. The first-order valence-corrected chi connectivity index (χ1v) is 7.86. The normalized spacial score (nSPS) is 11.6. The molecule has 0 aromatic heterocycles. The monoisotopic (exact) mass is 313 g/mol. The molecule has 0 aliphatic rings. The van der Waals surface area contributed by atoms with E-state index in [-0.39, 0.29) is 5.91 Å². The van der Waals surface area contributed by atoms with Gasteiger partial charge in [0.25, 0.3) is 5.91 Å². The van der Waals surface area contributed by atoms with Crippen molar-refractivity contribution in [3.63, 3.8) is 0 Å². The highest BCUT2D eigenvalue weighted by Gasteiger charge is 2.15. The first kappa shape index (κ1) is 16.9. The minimum Gasteiger partial charge on any atom is -0.494 e. The van der Waals surface area contributed by atoms with Crippen molar-refractivity contribution in [1.82, 2.24) is 0 Å². The van der Waals surface area contributed by atoms with Gasteiger partial charge in [-0.2, -0.15) is 0 Å². The summed E-state index contributed by atoms with van der Waals surface area (Å²) >= 11 is 0. The summed E-state index contributed by atoms with van der Waals surface area (Å²) in [5, 5.41) is 2.85. The molecule has 1 atom stereocenters. The fourth-order valence-electron chi connectivity index (χ4n) is 2.03. The Labute approximate surface area is 137 Å². The lowest BCUT2D eigenvalue weighted by Crippen LogP contribution is -2.30. The second kappa shape index (κ2) is 8.22. The SMILES string of the molecule is CCCOc1ccc(NC(=O)[C@@H](C)Oc2ccccc2C)cc1. The van der Waals surface area contributed by atoms with Crippen molar-refractivity contribution in [2.45, 2.75) is 33.3 Å². The number of carbonyl (C=O) groups excluding carboxylic acids is 1. The summed E-state index contributed by atoms with van der Waals surface area (Å²) in [6, 6.07) is 15.0. The number of para-hydroxylation sites is 1. The highest BCUT2D eigenvalue weighted by Crippen LogP contribution is 2.19. The highest BCUT2D eigenvalue weighted by atomic mass is 16.5. The smallest absolute Gasteiger partial charge is 0.265 e. The Balaban J connectivity index is 1.91. The van der Waals surface area contributed by atoms with Gasteiger partial charge in [0.1, 0.15) is 11.5 Å². The molecule has 4 heteroatoms. The Morgan fingerprint density at radius 1 is 1.13 bits per heavy atom. The van der Waals surface area contributed by atoms with Crippen LogP contribution in [-0.4, -0.2) is 18.6 Å². The molecule has 0 unspecified atom stereocenters.